The van der Waals surface area contributed by atoms with E-state index < -0.39 is 11.4 Å². The molecule has 18 heavy (non-hydrogen) atoms. The number of hydrogen-bond acceptors (Lipinski definition) is 3. The summed E-state index contributed by atoms with van der Waals surface area (Å²) in [5.74, 6) is -0.844. The molecule has 0 aromatic carbocycles. The van der Waals surface area contributed by atoms with Gasteiger partial charge in [-0.2, -0.15) is 0 Å². The average molecular weight is 256 g/mol. The summed E-state index contributed by atoms with van der Waals surface area (Å²) in [4.78, 5) is 25.2. The summed E-state index contributed by atoms with van der Waals surface area (Å²) < 4.78 is 0. The number of likely N-dealkylation sites (tertiary alicyclic amines) is 1. The molecule has 2 unspecified atom stereocenters. The van der Waals surface area contributed by atoms with E-state index in [1.807, 2.05) is 13.8 Å². The Bertz CT molecular complexity index is 319. The molecule has 2 atom stereocenters. The zero-order valence-corrected chi connectivity index (χ0v) is 11.5. The second kappa shape index (κ2) is 6.18. The monoisotopic (exact) mass is 256 g/mol. The van der Waals surface area contributed by atoms with Crippen LogP contribution in [0, 0.1) is 11.3 Å². The van der Waals surface area contributed by atoms with Gasteiger partial charge in [-0.1, -0.05) is 13.8 Å². The SMILES string of the molecule is CCNCC(C)C(=O)N1CCCC(C)(C(=O)O)C1. The van der Waals surface area contributed by atoms with Crippen molar-refractivity contribution in [2.24, 2.45) is 11.3 Å². The van der Waals surface area contributed by atoms with Crippen molar-refractivity contribution in [2.45, 2.75) is 33.6 Å². The molecule has 0 bridgehead atoms. The molecule has 0 aliphatic carbocycles. The van der Waals surface area contributed by atoms with E-state index in [9.17, 15) is 14.7 Å². The third-order valence-electron chi connectivity index (χ3n) is 3.65. The molecule has 5 nitrogen and oxygen atoms in total. The van der Waals surface area contributed by atoms with Crippen LogP contribution in [0.3, 0.4) is 0 Å². The van der Waals surface area contributed by atoms with Gasteiger partial charge in [-0.3, -0.25) is 9.59 Å². The van der Waals surface area contributed by atoms with Crippen LogP contribution in [0.25, 0.3) is 0 Å². The van der Waals surface area contributed by atoms with Gasteiger partial charge in [0.05, 0.1) is 5.41 Å². The molecule has 1 heterocycles. The van der Waals surface area contributed by atoms with E-state index in [0.29, 0.717) is 26.1 Å². The maximum Gasteiger partial charge on any atom is 0.311 e. The van der Waals surface area contributed by atoms with E-state index in [1.165, 1.54) is 0 Å². The van der Waals surface area contributed by atoms with E-state index in [1.54, 1.807) is 11.8 Å². The van der Waals surface area contributed by atoms with Gasteiger partial charge in [0, 0.05) is 25.6 Å². The van der Waals surface area contributed by atoms with Crippen molar-refractivity contribution in [3.05, 3.63) is 0 Å². The van der Waals surface area contributed by atoms with E-state index in [-0.39, 0.29) is 11.8 Å². The number of hydrogen-bond donors (Lipinski definition) is 2. The van der Waals surface area contributed by atoms with Gasteiger partial charge in [-0.15, -0.1) is 0 Å². The standard InChI is InChI=1S/C13H24N2O3/c1-4-14-8-10(2)11(16)15-7-5-6-13(3,9-15)12(17)18/h10,14H,4-9H2,1-3H3,(H,17,18). The largest absolute Gasteiger partial charge is 0.481 e. The quantitative estimate of drug-likeness (QED) is 0.768. The Labute approximate surface area is 109 Å². The molecular weight excluding hydrogens is 232 g/mol. The third-order valence-corrected chi connectivity index (χ3v) is 3.65. The van der Waals surface area contributed by atoms with Crippen LogP contribution < -0.4 is 5.32 Å². The lowest BCUT2D eigenvalue weighted by atomic mass is 9.81. The summed E-state index contributed by atoms with van der Waals surface area (Å²) in [6.45, 7) is 8.11. The fraction of sp³-hybridized carbons (Fsp3) is 0.846. The van der Waals surface area contributed by atoms with Crippen LogP contribution >= 0.6 is 0 Å². The molecule has 0 aromatic heterocycles. The third kappa shape index (κ3) is 3.45. The summed E-state index contributed by atoms with van der Waals surface area (Å²) in [6.07, 6.45) is 1.41. The van der Waals surface area contributed by atoms with Gasteiger partial charge >= 0.3 is 5.97 Å². The van der Waals surface area contributed by atoms with Crippen LogP contribution in [0.1, 0.15) is 33.6 Å². The first kappa shape index (κ1) is 15.0. The average Bonchev–Trinajstić information content (AvgIpc) is 2.34. The minimum Gasteiger partial charge on any atom is -0.481 e. The predicted octanol–water partition coefficient (Wildman–Crippen LogP) is 0.945. The van der Waals surface area contributed by atoms with E-state index >= 15 is 0 Å². The predicted molar refractivity (Wildman–Crippen MR) is 69.3 cm³/mol. The Hall–Kier alpha value is -1.10. The Morgan fingerprint density at radius 1 is 1.50 bits per heavy atom. The summed E-state index contributed by atoms with van der Waals surface area (Å²) in [5.41, 5.74) is -0.786. The highest BCUT2D eigenvalue weighted by Crippen LogP contribution is 2.30. The van der Waals surface area contributed by atoms with Crippen molar-refractivity contribution < 1.29 is 14.7 Å². The normalized spacial score (nSPS) is 25.8. The van der Waals surface area contributed by atoms with Gasteiger partial charge in [-0.25, -0.2) is 0 Å². The van der Waals surface area contributed by atoms with Gasteiger partial charge in [0.1, 0.15) is 0 Å². The lowest BCUT2D eigenvalue weighted by Gasteiger charge is -2.38. The van der Waals surface area contributed by atoms with Crippen molar-refractivity contribution in [2.75, 3.05) is 26.2 Å². The number of carboxylic acid groups (broad SMARTS) is 1. The number of nitrogens with one attached hydrogen (secondary N) is 1. The lowest BCUT2D eigenvalue weighted by molar-refractivity contribution is -0.154. The molecule has 1 aliphatic heterocycles. The van der Waals surface area contributed by atoms with Crippen LogP contribution in [0.2, 0.25) is 0 Å². The molecule has 104 valence electrons. The maximum absolute atomic E-state index is 12.2. The minimum absolute atomic E-state index is 0.0584. The highest BCUT2D eigenvalue weighted by molar-refractivity contribution is 5.81. The molecule has 1 rings (SSSR count). The molecular formula is C13H24N2O3. The van der Waals surface area contributed by atoms with E-state index in [0.717, 1.165) is 13.0 Å². The van der Waals surface area contributed by atoms with Crippen molar-refractivity contribution in [3.8, 4) is 0 Å². The Morgan fingerprint density at radius 3 is 2.72 bits per heavy atom. The molecule has 1 saturated heterocycles. The Balaban J connectivity index is 2.61. The van der Waals surface area contributed by atoms with Crippen LogP contribution in [-0.4, -0.2) is 48.1 Å². The summed E-state index contributed by atoms with van der Waals surface area (Å²) in [7, 11) is 0. The highest BCUT2D eigenvalue weighted by Gasteiger charge is 2.39. The molecule has 2 N–H and O–H groups in total. The second-order valence-corrected chi connectivity index (χ2v) is 5.44. The number of aliphatic carboxylic acids is 1. The molecule has 1 amide bonds. The smallest absolute Gasteiger partial charge is 0.311 e. The van der Waals surface area contributed by atoms with Gasteiger partial charge < -0.3 is 15.3 Å². The first-order valence-corrected chi connectivity index (χ1v) is 6.63. The summed E-state index contributed by atoms with van der Waals surface area (Å²) in [6, 6.07) is 0. The Kier molecular flexibility index (Phi) is 5.14. The number of carboxylic acids is 1. The van der Waals surface area contributed by atoms with Crippen molar-refractivity contribution in [3.63, 3.8) is 0 Å². The molecule has 0 radical (unpaired) electrons. The van der Waals surface area contributed by atoms with Crippen molar-refractivity contribution >= 4 is 11.9 Å². The number of carbonyl (C=O) groups excluding carboxylic acids is 1. The van der Waals surface area contributed by atoms with Gasteiger partial charge in [-0.05, 0) is 26.3 Å². The fourth-order valence-electron chi connectivity index (χ4n) is 2.36. The first-order valence-electron chi connectivity index (χ1n) is 6.63. The van der Waals surface area contributed by atoms with Gasteiger partial charge in [0.2, 0.25) is 5.91 Å². The van der Waals surface area contributed by atoms with E-state index in [4.69, 9.17) is 0 Å². The van der Waals surface area contributed by atoms with Crippen LogP contribution in [0.5, 0.6) is 0 Å². The van der Waals surface area contributed by atoms with Crippen molar-refractivity contribution in [1.82, 2.24) is 10.2 Å². The minimum atomic E-state index is -0.806. The number of piperidine rings is 1. The number of nitrogens with zero attached hydrogens (tertiary/aromatic N) is 1. The zero-order valence-electron chi connectivity index (χ0n) is 11.5. The molecule has 0 aromatic rings. The highest BCUT2D eigenvalue weighted by atomic mass is 16.4. The van der Waals surface area contributed by atoms with E-state index in [2.05, 4.69) is 5.32 Å². The summed E-state index contributed by atoms with van der Waals surface area (Å²) >= 11 is 0. The molecule has 0 saturated carbocycles. The summed E-state index contributed by atoms with van der Waals surface area (Å²) in [5, 5.41) is 12.4. The maximum atomic E-state index is 12.2. The van der Waals surface area contributed by atoms with Crippen LogP contribution in [0.15, 0.2) is 0 Å². The van der Waals surface area contributed by atoms with Gasteiger partial charge in [0.25, 0.3) is 0 Å². The number of rotatable bonds is 5. The first-order chi connectivity index (χ1) is 8.40. The Morgan fingerprint density at radius 2 is 2.17 bits per heavy atom. The molecule has 5 heteroatoms. The number of amides is 1. The van der Waals surface area contributed by atoms with Gasteiger partial charge in [0.15, 0.2) is 0 Å². The zero-order chi connectivity index (χ0) is 13.8. The fourth-order valence-corrected chi connectivity index (χ4v) is 2.36. The lowest BCUT2D eigenvalue weighted by Crippen LogP contribution is -2.50. The van der Waals surface area contributed by atoms with Crippen LogP contribution in [0.4, 0.5) is 0 Å². The topological polar surface area (TPSA) is 69.6 Å². The molecule has 0 spiro atoms. The van der Waals surface area contributed by atoms with Crippen molar-refractivity contribution in [1.29, 1.82) is 0 Å². The second-order valence-electron chi connectivity index (χ2n) is 5.44. The molecule has 1 aliphatic rings. The molecule has 1 fully saturated rings. The van der Waals surface area contributed by atoms with Crippen LogP contribution in [-0.2, 0) is 9.59 Å². The number of carbonyl (C=O) groups is 2.